The van der Waals surface area contributed by atoms with Gasteiger partial charge in [0.2, 0.25) is 5.91 Å². The second kappa shape index (κ2) is 5.91. The van der Waals surface area contributed by atoms with Gasteiger partial charge in [0.25, 0.3) is 0 Å². The van der Waals surface area contributed by atoms with Gasteiger partial charge in [-0.25, -0.2) is 0 Å². The number of carbonyl (C=O) groups is 1. The molecule has 1 atom stereocenters. The number of rotatable bonds is 2. The zero-order chi connectivity index (χ0) is 13.1. The maximum absolute atomic E-state index is 12.1. The van der Waals surface area contributed by atoms with Crippen LogP contribution in [0.3, 0.4) is 0 Å². The molecule has 1 aromatic rings. The molecule has 0 unspecified atom stereocenters. The molecule has 0 radical (unpaired) electrons. The fraction of sp³-hybridized carbons (Fsp3) is 0.462. The van der Waals surface area contributed by atoms with Crippen LogP contribution in [-0.4, -0.2) is 36.5 Å². The maximum Gasteiger partial charge on any atom is 0.227 e. The van der Waals surface area contributed by atoms with Gasteiger partial charge >= 0.3 is 0 Å². The number of amides is 1. The van der Waals surface area contributed by atoms with Gasteiger partial charge < -0.3 is 10.2 Å². The highest BCUT2D eigenvalue weighted by molar-refractivity contribution is 6.34. The van der Waals surface area contributed by atoms with Gasteiger partial charge in [0.15, 0.2) is 0 Å². The minimum absolute atomic E-state index is 0.127. The fourth-order valence-electron chi connectivity index (χ4n) is 2.16. The van der Waals surface area contributed by atoms with Gasteiger partial charge in [-0.1, -0.05) is 23.2 Å². The van der Waals surface area contributed by atoms with Gasteiger partial charge in [-0.15, -0.1) is 0 Å². The molecule has 98 valence electrons. The second-order valence-electron chi connectivity index (χ2n) is 4.65. The molecule has 3 nitrogen and oxygen atoms in total. The van der Waals surface area contributed by atoms with E-state index in [-0.39, 0.29) is 5.91 Å². The number of piperazine rings is 1. The van der Waals surface area contributed by atoms with Gasteiger partial charge in [-0.3, -0.25) is 4.79 Å². The Balaban J connectivity index is 2.02. The van der Waals surface area contributed by atoms with Crippen molar-refractivity contribution < 1.29 is 4.79 Å². The van der Waals surface area contributed by atoms with Crippen LogP contribution in [0.25, 0.3) is 0 Å². The lowest BCUT2D eigenvalue weighted by Crippen LogP contribution is -2.51. The molecule has 1 N–H and O–H groups in total. The predicted molar refractivity (Wildman–Crippen MR) is 74.2 cm³/mol. The predicted octanol–water partition coefficient (Wildman–Crippen LogP) is 2.36. The van der Waals surface area contributed by atoms with Crippen LogP contribution >= 0.6 is 23.2 Å². The first-order valence-electron chi connectivity index (χ1n) is 6.01. The van der Waals surface area contributed by atoms with Gasteiger partial charge in [0.05, 0.1) is 6.42 Å². The molecule has 1 amide bonds. The summed E-state index contributed by atoms with van der Waals surface area (Å²) in [7, 11) is 0. The van der Waals surface area contributed by atoms with Crippen LogP contribution in [0, 0.1) is 0 Å². The molecule has 1 aliphatic heterocycles. The highest BCUT2D eigenvalue weighted by atomic mass is 35.5. The largest absolute Gasteiger partial charge is 0.340 e. The zero-order valence-electron chi connectivity index (χ0n) is 10.2. The van der Waals surface area contributed by atoms with Crippen LogP contribution in [0.4, 0.5) is 0 Å². The van der Waals surface area contributed by atoms with Gasteiger partial charge in [0.1, 0.15) is 0 Å². The van der Waals surface area contributed by atoms with Crippen LogP contribution in [0.15, 0.2) is 18.2 Å². The summed E-state index contributed by atoms with van der Waals surface area (Å²) in [5, 5.41) is 4.45. The summed E-state index contributed by atoms with van der Waals surface area (Å²) < 4.78 is 0. The van der Waals surface area contributed by atoms with E-state index in [4.69, 9.17) is 23.2 Å². The minimum atomic E-state index is 0.127. The quantitative estimate of drug-likeness (QED) is 0.905. The summed E-state index contributed by atoms with van der Waals surface area (Å²) in [5.74, 6) is 0.127. The van der Waals surface area contributed by atoms with Gasteiger partial charge in [-0.05, 0) is 30.7 Å². The van der Waals surface area contributed by atoms with Crippen molar-refractivity contribution in [2.75, 3.05) is 19.6 Å². The Morgan fingerprint density at radius 2 is 2.06 bits per heavy atom. The van der Waals surface area contributed by atoms with E-state index >= 15 is 0 Å². The smallest absolute Gasteiger partial charge is 0.227 e. The van der Waals surface area contributed by atoms with Crippen molar-refractivity contribution >= 4 is 29.1 Å². The molecule has 5 heteroatoms. The molecule has 0 spiro atoms. The number of benzene rings is 1. The molecule has 1 heterocycles. The summed E-state index contributed by atoms with van der Waals surface area (Å²) >= 11 is 11.8. The van der Waals surface area contributed by atoms with E-state index < -0.39 is 0 Å². The lowest BCUT2D eigenvalue weighted by Gasteiger charge is -2.32. The van der Waals surface area contributed by atoms with Gasteiger partial charge in [-0.2, -0.15) is 0 Å². The Bertz CT molecular complexity index is 430. The standard InChI is InChI=1S/C13H16Cl2N2O/c1-9-8-17(3-2-16-9)13(18)6-10-4-11(14)7-12(15)5-10/h4-5,7,9,16H,2-3,6,8H2,1H3/t9-/m1/s1. The topological polar surface area (TPSA) is 32.3 Å². The minimum Gasteiger partial charge on any atom is -0.340 e. The van der Waals surface area contributed by atoms with Crippen LogP contribution in [-0.2, 0) is 11.2 Å². The molecule has 2 rings (SSSR count). The number of nitrogens with zero attached hydrogens (tertiary/aromatic N) is 1. The van der Waals surface area contributed by atoms with Crippen LogP contribution < -0.4 is 5.32 Å². The molecule has 0 aromatic heterocycles. The normalized spacial score (nSPS) is 19.9. The first kappa shape index (κ1) is 13.7. The van der Waals surface area contributed by atoms with E-state index in [9.17, 15) is 4.79 Å². The number of halogens is 2. The van der Waals surface area contributed by atoms with Crippen LogP contribution in [0.1, 0.15) is 12.5 Å². The fourth-order valence-corrected chi connectivity index (χ4v) is 2.73. The number of hydrogen-bond acceptors (Lipinski definition) is 2. The molecule has 0 aliphatic carbocycles. The number of carbonyl (C=O) groups excluding carboxylic acids is 1. The van der Waals surface area contributed by atoms with E-state index in [1.54, 1.807) is 18.2 Å². The van der Waals surface area contributed by atoms with Crippen molar-refractivity contribution in [3.63, 3.8) is 0 Å². The summed E-state index contributed by atoms with van der Waals surface area (Å²) in [6, 6.07) is 5.60. The maximum atomic E-state index is 12.1. The highest BCUT2D eigenvalue weighted by Gasteiger charge is 2.20. The summed E-state index contributed by atoms with van der Waals surface area (Å²) in [6.07, 6.45) is 0.354. The van der Waals surface area contributed by atoms with Crippen molar-refractivity contribution in [3.05, 3.63) is 33.8 Å². The molecular weight excluding hydrogens is 271 g/mol. The third-order valence-electron chi connectivity index (χ3n) is 3.00. The van der Waals surface area contributed by atoms with Gasteiger partial charge in [0, 0.05) is 35.7 Å². The Kier molecular flexibility index (Phi) is 4.49. The summed E-state index contributed by atoms with van der Waals surface area (Å²) in [6.45, 7) is 4.45. The molecule has 1 aliphatic rings. The Morgan fingerprint density at radius 1 is 1.39 bits per heavy atom. The van der Waals surface area contributed by atoms with E-state index in [1.165, 1.54) is 0 Å². The molecule has 18 heavy (non-hydrogen) atoms. The van der Waals surface area contributed by atoms with Crippen molar-refractivity contribution in [1.29, 1.82) is 0 Å². The average molecular weight is 287 g/mol. The van der Waals surface area contributed by atoms with Crippen molar-refractivity contribution in [2.45, 2.75) is 19.4 Å². The Hall–Kier alpha value is -0.770. The third kappa shape index (κ3) is 3.61. The van der Waals surface area contributed by atoms with Crippen LogP contribution in [0.2, 0.25) is 10.0 Å². The first-order valence-corrected chi connectivity index (χ1v) is 6.76. The molecule has 1 aromatic carbocycles. The molecular formula is C13H16Cl2N2O. The van der Waals surface area contributed by atoms with E-state index in [0.717, 1.165) is 25.2 Å². The van der Waals surface area contributed by atoms with Crippen LogP contribution in [0.5, 0.6) is 0 Å². The van der Waals surface area contributed by atoms with Crippen molar-refractivity contribution in [2.24, 2.45) is 0 Å². The zero-order valence-corrected chi connectivity index (χ0v) is 11.8. The van der Waals surface area contributed by atoms with Crippen molar-refractivity contribution in [1.82, 2.24) is 10.2 Å². The molecule has 1 saturated heterocycles. The van der Waals surface area contributed by atoms with E-state index in [0.29, 0.717) is 22.5 Å². The second-order valence-corrected chi connectivity index (χ2v) is 5.52. The molecule has 1 fully saturated rings. The molecule has 0 bridgehead atoms. The summed E-state index contributed by atoms with van der Waals surface area (Å²) in [5.41, 5.74) is 0.865. The average Bonchev–Trinajstić information content (AvgIpc) is 2.27. The lowest BCUT2D eigenvalue weighted by atomic mass is 10.1. The SMILES string of the molecule is C[C@@H]1CN(C(=O)Cc2cc(Cl)cc(Cl)c2)CCN1. The first-order chi connectivity index (χ1) is 8.54. The third-order valence-corrected chi connectivity index (χ3v) is 3.44. The Morgan fingerprint density at radius 3 is 2.67 bits per heavy atom. The molecule has 0 saturated carbocycles. The van der Waals surface area contributed by atoms with E-state index in [2.05, 4.69) is 12.2 Å². The number of hydrogen-bond donors (Lipinski definition) is 1. The highest BCUT2D eigenvalue weighted by Crippen LogP contribution is 2.20. The van der Waals surface area contributed by atoms with E-state index in [1.807, 2.05) is 4.90 Å². The lowest BCUT2D eigenvalue weighted by molar-refractivity contribution is -0.131. The Labute approximate surface area is 117 Å². The van der Waals surface area contributed by atoms with Crippen molar-refractivity contribution in [3.8, 4) is 0 Å². The summed E-state index contributed by atoms with van der Waals surface area (Å²) in [4.78, 5) is 14.0. The monoisotopic (exact) mass is 286 g/mol. The number of nitrogens with one attached hydrogen (secondary N) is 1.